The molecule has 7 nitrogen and oxygen atoms in total. The molecular formula is C20H24N2O5S. The van der Waals surface area contributed by atoms with Gasteiger partial charge in [-0.3, -0.25) is 9.59 Å². The molecule has 2 amide bonds. The second-order valence-corrected chi connectivity index (χ2v) is 8.85. The van der Waals surface area contributed by atoms with Gasteiger partial charge in [-0.1, -0.05) is 30.3 Å². The maximum atomic E-state index is 12.5. The van der Waals surface area contributed by atoms with Crippen LogP contribution in [0.25, 0.3) is 0 Å². The molecule has 1 aliphatic heterocycles. The topological polar surface area (TPSA) is 87.9 Å². The van der Waals surface area contributed by atoms with Gasteiger partial charge in [0.2, 0.25) is 20.8 Å². The van der Waals surface area contributed by atoms with E-state index in [0.29, 0.717) is 32.6 Å². The van der Waals surface area contributed by atoms with Gasteiger partial charge in [0.15, 0.2) is 5.76 Å². The van der Waals surface area contributed by atoms with E-state index in [4.69, 9.17) is 4.42 Å². The minimum atomic E-state index is -3.49. The van der Waals surface area contributed by atoms with Crippen molar-refractivity contribution in [3.05, 3.63) is 53.8 Å². The number of amides is 2. The Morgan fingerprint density at radius 3 is 2.21 bits per heavy atom. The average molecular weight is 404 g/mol. The van der Waals surface area contributed by atoms with Crippen LogP contribution in [0.2, 0.25) is 0 Å². The summed E-state index contributed by atoms with van der Waals surface area (Å²) >= 11 is 0. The number of carbonyl (C=O) groups excluding carboxylic acids is 2. The van der Waals surface area contributed by atoms with E-state index < -0.39 is 9.84 Å². The molecule has 2 aromatic rings. The highest BCUT2D eigenvalue weighted by atomic mass is 32.2. The van der Waals surface area contributed by atoms with Crippen LogP contribution in [-0.2, 0) is 21.1 Å². The van der Waals surface area contributed by atoms with Gasteiger partial charge in [0.1, 0.15) is 0 Å². The fourth-order valence-corrected chi connectivity index (χ4v) is 3.75. The highest BCUT2D eigenvalue weighted by molar-refractivity contribution is 7.90. The van der Waals surface area contributed by atoms with Crippen LogP contribution < -0.4 is 0 Å². The summed E-state index contributed by atoms with van der Waals surface area (Å²) in [6.07, 6.45) is 3.18. The lowest BCUT2D eigenvalue weighted by molar-refractivity contribution is -0.132. The van der Waals surface area contributed by atoms with Crippen LogP contribution in [0.15, 0.2) is 52.0 Å². The van der Waals surface area contributed by atoms with E-state index in [9.17, 15) is 18.0 Å². The standard InChI is InChI=1S/C20H24N2O5S/c1-28(25,26)19-11-10-17(27-19)20(24)22-14-12-21(13-15-22)18(23)9-5-8-16-6-3-2-4-7-16/h2-4,6-7,10-11H,5,8-9,12-15H2,1H3. The number of benzene rings is 1. The molecule has 2 heterocycles. The fourth-order valence-electron chi connectivity index (χ4n) is 3.20. The van der Waals surface area contributed by atoms with Gasteiger partial charge >= 0.3 is 0 Å². The number of nitrogens with zero attached hydrogens (tertiary/aromatic N) is 2. The van der Waals surface area contributed by atoms with Crippen molar-refractivity contribution in [2.45, 2.75) is 24.4 Å². The largest absolute Gasteiger partial charge is 0.440 e. The van der Waals surface area contributed by atoms with Gasteiger partial charge < -0.3 is 14.2 Å². The van der Waals surface area contributed by atoms with Crippen LogP contribution >= 0.6 is 0 Å². The lowest BCUT2D eigenvalue weighted by Crippen LogP contribution is -2.50. The number of hydrogen-bond donors (Lipinski definition) is 0. The van der Waals surface area contributed by atoms with E-state index in [1.54, 1.807) is 9.80 Å². The van der Waals surface area contributed by atoms with E-state index in [1.165, 1.54) is 17.7 Å². The monoisotopic (exact) mass is 404 g/mol. The van der Waals surface area contributed by atoms with E-state index >= 15 is 0 Å². The average Bonchev–Trinajstić information content (AvgIpc) is 3.19. The zero-order valence-corrected chi connectivity index (χ0v) is 16.7. The smallest absolute Gasteiger partial charge is 0.289 e. The van der Waals surface area contributed by atoms with Gasteiger partial charge in [-0.2, -0.15) is 0 Å². The zero-order valence-electron chi connectivity index (χ0n) is 15.8. The Hall–Kier alpha value is -2.61. The number of piperazine rings is 1. The van der Waals surface area contributed by atoms with Crippen molar-refractivity contribution >= 4 is 21.7 Å². The van der Waals surface area contributed by atoms with E-state index in [2.05, 4.69) is 12.1 Å². The fraction of sp³-hybridized carbons (Fsp3) is 0.400. The predicted molar refractivity (Wildman–Crippen MR) is 104 cm³/mol. The van der Waals surface area contributed by atoms with Gasteiger partial charge in [-0.15, -0.1) is 0 Å². The first kappa shape index (κ1) is 20.1. The van der Waals surface area contributed by atoms with Crippen LogP contribution in [0.3, 0.4) is 0 Å². The second-order valence-electron chi connectivity index (χ2n) is 6.90. The SMILES string of the molecule is CS(=O)(=O)c1ccc(C(=O)N2CCN(C(=O)CCCc3ccccc3)CC2)o1. The first-order valence-corrected chi connectivity index (χ1v) is 11.1. The Bertz CT molecular complexity index is 929. The molecule has 1 aromatic carbocycles. The Labute approximate surface area is 164 Å². The predicted octanol–water partition coefficient (Wildman–Crippen LogP) is 1.99. The summed E-state index contributed by atoms with van der Waals surface area (Å²) in [7, 11) is -3.49. The summed E-state index contributed by atoms with van der Waals surface area (Å²) in [6.45, 7) is 1.74. The Kier molecular flexibility index (Phi) is 6.18. The highest BCUT2D eigenvalue weighted by Gasteiger charge is 2.27. The first-order valence-electron chi connectivity index (χ1n) is 9.25. The molecule has 0 atom stereocenters. The van der Waals surface area contributed by atoms with Crippen molar-refractivity contribution in [1.29, 1.82) is 0 Å². The second kappa shape index (κ2) is 8.60. The molecule has 3 rings (SSSR count). The third kappa shape index (κ3) is 5.01. The molecule has 0 unspecified atom stereocenters. The molecular weight excluding hydrogens is 380 g/mol. The number of sulfone groups is 1. The van der Waals surface area contributed by atoms with Gasteiger partial charge in [0, 0.05) is 38.9 Å². The molecule has 0 N–H and O–H groups in total. The molecule has 0 radical (unpaired) electrons. The number of furan rings is 1. The minimum Gasteiger partial charge on any atom is -0.440 e. The van der Waals surface area contributed by atoms with Crippen molar-refractivity contribution in [2.75, 3.05) is 32.4 Å². The third-order valence-corrected chi connectivity index (χ3v) is 5.73. The highest BCUT2D eigenvalue weighted by Crippen LogP contribution is 2.17. The maximum absolute atomic E-state index is 12.5. The van der Waals surface area contributed by atoms with Crippen LogP contribution in [0.1, 0.15) is 29.0 Å². The van der Waals surface area contributed by atoms with Crippen LogP contribution in [0.4, 0.5) is 0 Å². The molecule has 1 saturated heterocycles. The Morgan fingerprint density at radius 1 is 0.964 bits per heavy atom. The van der Waals surface area contributed by atoms with Crippen molar-refractivity contribution in [2.24, 2.45) is 0 Å². The first-order chi connectivity index (χ1) is 13.3. The normalized spacial score (nSPS) is 14.9. The molecule has 1 aliphatic rings. The number of hydrogen-bond acceptors (Lipinski definition) is 5. The summed E-state index contributed by atoms with van der Waals surface area (Å²) in [5.74, 6) is -0.255. The lowest BCUT2D eigenvalue weighted by atomic mass is 10.1. The van der Waals surface area contributed by atoms with Crippen molar-refractivity contribution < 1.29 is 22.4 Å². The van der Waals surface area contributed by atoms with Gasteiger partial charge in [-0.25, -0.2) is 8.42 Å². The number of carbonyl (C=O) groups is 2. The van der Waals surface area contributed by atoms with E-state index in [1.807, 2.05) is 18.2 Å². The van der Waals surface area contributed by atoms with Crippen molar-refractivity contribution in [1.82, 2.24) is 9.80 Å². The van der Waals surface area contributed by atoms with Crippen LogP contribution in [0, 0.1) is 0 Å². The van der Waals surface area contributed by atoms with E-state index in [-0.39, 0.29) is 22.7 Å². The third-order valence-electron chi connectivity index (χ3n) is 4.78. The molecule has 28 heavy (non-hydrogen) atoms. The van der Waals surface area contributed by atoms with Crippen molar-refractivity contribution in [3.8, 4) is 0 Å². The summed E-state index contributed by atoms with van der Waals surface area (Å²) in [4.78, 5) is 28.2. The summed E-state index contributed by atoms with van der Waals surface area (Å²) in [5.41, 5.74) is 1.22. The molecule has 8 heteroatoms. The molecule has 0 aliphatic carbocycles. The zero-order chi connectivity index (χ0) is 20.1. The van der Waals surface area contributed by atoms with E-state index in [0.717, 1.165) is 19.1 Å². The number of rotatable bonds is 6. The quantitative estimate of drug-likeness (QED) is 0.735. The van der Waals surface area contributed by atoms with Gasteiger partial charge in [0.25, 0.3) is 5.91 Å². The summed E-state index contributed by atoms with van der Waals surface area (Å²) < 4.78 is 28.1. The van der Waals surface area contributed by atoms with Gasteiger partial charge in [-0.05, 0) is 30.5 Å². The maximum Gasteiger partial charge on any atom is 0.289 e. The van der Waals surface area contributed by atoms with Crippen molar-refractivity contribution in [3.63, 3.8) is 0 Å². The molecule has 150 valence electrons. The molecule has 0 bridgehead atoms. The Balaban J connectivity index is 1.46. The molecule has 1 aromatic heterocycles. The number of aryl methyl sites for hydroxylation is 1. The minimum absolute atomic E-state index is 0.00284. The lowest BCUT2D eigenvalue weighted by Gasteiger charge is -2.34. The molecule has 0 spiro atoms. The summed E-state index contributed by atoms with van der Waals surface area (Å²) in [6, 6.07) is 12.7. The van der Waals surface area contributed by atoms with Gasteiger partial charge in [0.05, 0.1) is 0 Å². The molecule has 0 saturated carbocycles. The molecule has 1 fully saturated rings. The summed E-state index contributed by atoms with van der Waals surface area (Å²) in [5, 5.41) is -0.219. The Morgan fingerprint density at radius 2 is 1.61 bits per heavy atom. The van der Waals surface area contributed by atoms with Crippen LogP contribution in [-0.4, -0.2) is 62.5 Å². The van der Waals surface area contributed by atoms with Crippen LogP contribution in [0.5, 0.6) is 0 Å².